The monoisotopic (exact) mass is 301 g/mol. The van der Waals surface area contributed by atoms with Gasteiger partial charge in [-0.25, -0.2) is 0 Å². The average molecular weight is 302 g/mol. The second-order valence-electron chi connectivity index (χ2n) is 4.98. The smallest absolute Gasteiger partial charge is 0.369 e. The van der Waals surface area contributed by atoms with Gasteiger partial charge in [0.2, 0.25) is 5.91 Å². The minimum Gasteiger partial charge on any atom is -0.369 e. The molecule has 0 aromatic heterocycles. The number of halogens is 4. The number of hydrogen-bond donors (Lipinski definition) is 1. The van der Waals surface area contributed by atoms with E-state index in [0.29, 0.717) is 12.8 Å². The lowest BCUT2D eigenvalue weighted by atomic mass is 9.92. The van der Waals surface area contributed by atoms with Crippen molar-refractivity contribution >= 4 is 17.5 Å². The van der Waals surface area contributed by atoms with Gasteiger partial charge in [-0.1, -0.05) is 6.92 Å². The molecule has 0 heterocycles. The Balaban J connectivity index is 2.36. The largest absolute Gasteiger partial charge is 0.411 e. The summed E-state index contributed by atoms with van der Waals surface area (Å²) in [4.78, 5) is 11.6. The number of rotatable bonds is 5. The lowest BCUT2D eigenvalue weighted by Gasteiger charge is -2.30. The van der Waals surface area contributed by atoms with Gasteiger partial charge in [-0.15, -0.1) is 11.6 Å². The minimum absolute atomic E-state index is 0.120. The van der Waals surface area contributed by atoms with Crippen LogP contribution in [0, 0.1) is 5.92 Å². The number of alkyl halides is 4. The highest BCUT2D eigenvalue weighted by molar-refractivity contribution is 6.19. The van der Waals surface area contributed by atoms with E-state index in [1.807, 2.05) is 0 Å². The molecule has 1 fully saturated rings. The van der Waals surface area contributed by atoms with Crippen LogP contribution in [0.4, 0.5) is 13.2 Å². The Morgan fingerprint density at radius 2 is 2.16 bits per heavy atom. The van der Waals surface area contributed by atoms with E-state index in [1.54, 1.807) is 6.92 Å². The van der Waals surface area contributed by atoms with Crippen LogP contribution in [0.1, 0.15) is 32.6 Å². The van der Waals surface area contributed by atoms with Gasteiger partial charge in [-0.2, -0.15) is 13.2 Å². The molecule has 1 aliphatic carbocycles. The first-order valence-electron chi connectivity index (χ1n) is 6.36. The quantitative estimate of drug-likeness (QED) is 0.793. The standard InChI is InChI=1S/C12H19ClF3NO2/c1-8(6-13)11(18)17-9-3-2-4-10(5-9)19-7-12(14,15)16/h8-10H,2-7H2,1H3,(H,17,18). The molecule has 1 N–H and O–H groups in total. The van der Waals surface area contributed by atoms with E-state index < -0.39 is 18.9 Å². The highest BCUT2D eigenvalue weighted by Gasteiger charge is 2.31. The van der Waals surface area contributed by atoms with Crippen molar-refractivity contribution in [2.75, 3.05) is 12.5 Å². The van der Waals surface area contributed by atoms with E-state index in [0.717, 1.165) is 12.8 Å². The van der Waals surface area contributed by atoms with Gasteiger partial charge < -0.3 is 10.1 Å². The van der Waals surface area contributed by atoms with Crippen molar-refractivity contribution in [3.05, 3.63) is 0 Å². The summed E-state index contributed by atoms with van der Waals surface area (Å²) in [6.45, 7) is 0.485. The van der Waals surface area contributed by atoms with Gasteiger partial charge in [0.05, 0.1) is 6.10 Å². The molecule has 1 rings (SSSR count). The van der Waals surface area contributed by atoms with Crippen molar-refractivity contribution in [3.8, 4) is 0 Å². The zero-order valence-electron chi connectivity index (χ0n) is 10.8. The van der Waals surface area contributed by atoms with Crippen LogP contribution in [0.15, 0.2) is 0 Å². The van der Waals surface area contributed by atoms with Crippen LogP contribution in [0.3, 0.4) is 0 Å². The van der Waals surface area contributed by atoms with E-state index >= 15 is 0 Å². The molecule has 0 spiro atoms. The Bertz CT molecular complexity index is 299. The Morgan fingerprint density at radius 1 is 1.47 bits per heavy atom. The third-order valence-corrected chi connectivity index (χ3v) is 3.60. The van der Waals surface area contributed by atoms with Crippen molar-refractivity contribution in [1.29, 1.82) is 0 Å². The summed E-state index contributed by atoms with van der Waals surface area (Å²) in [6.07, 6.45) is -2.18. The Morgan fingerprint density at radius 3 is 2.74 bits per heavy atom. The molecule has 1 amide bonds. The molecular weight excluding hydrogens is 283 g/mol. The van der Waals surface area contributed by atoms with E-state index in [9.17, 15) is 18.0 Å². The molecule has 0 aliphatic heterocycles. The van der Waals surface area contributed by atoms with Crippen LogP contribution in [0.5, 0.6) is 0 Å². The molecule has 0 aromatic carbocycles. The number of amides is 1. The molecule has 19 heavy (non-hydrogen) atoms. The molecule has 1 aliphatic rings. The summed E-state index contributed by atoms with van der Waals surface area (Å²) in [7, 11) is 0. The number of nitrogens with one attached hydrogen (secondary N) is 1. The van der Waals surface area contributed by atoms with Gasteiger partial charge >= 0.3 is 6.18 Å². The van der Waals surface area contributed by atoms with Crippen LogP contribution >= 0.6 is 11.6 Å². The fourth-order valence-corrected chi connectivity index (χ4v) is 2.19. The molecule has 112 valence electrons. The van der Waals surface area contributed by atoms with Crippen molar-refractivity contribution in [2.24, 2.45) is 5.92 Å². The highest BCUT2D eigenvalue weighted by atomic mass is 35.5. The van der Waals surface area contributed by atoms with Gasteiger partial charge in [0.25, 0.3) is 0 Å². The van der Waals surface area contributed by atoms with Crippen molar-refractivity contribution in [2.45, 2.75) is 50.9 Å². The Labute approximate surface area is 115 Å². The number of carbonyl (C=O) groups is 1. The normalized spacial score (nSPS) is 25.9. The van der Waals surface area contributed by atoms with Crippen LogP contribution in [-0.4, -0.2) is 36.7 Å². The van der Waals surface area contributed by atoms with E-state index in [2.05, 4.69) is 5.32 Å². The zero-order valence-corrected chi connectivity index (χ0v) is 11.6. The lowest BCUT2D eigenvalue weighted by molar-refractivity contribution is -0.188. The first-order chi connectivity index (χ1) is 8.81. The summed E-state index contributed by atoms with van der Waals surface area (Å²) in [5.41, 5.74) is 0. The van der Waals surface area contributed by atoms with Gasteiger partial charge in [0.1, 0.15) is 6.61 Å². The molecule has 3 nitrogen and oxygen atoms in total. The number of hydrogen-bond acceptors (Lipinski definition) is 2. The third-order valence-electron chi connectivity index (χ3n) is 3.13. The van der Waals surface area contributed by atoms with Gasteiger partial charge in [0, 0.05) is 17.8 Å². The Hall–Kier alpha value is -0.490. The predicted molar refractivity (Wildman–Crippen MR) is 66.1 cm³/mol. The molecular formula is C12H19ClF3NO2. The first kappa shape index (κ1) is 16.6. The summed E-state index contributed by atoms with van der Waals surface area (Å²) in [5.74, 6) is -0.221. The molecule has 7 heteroatoms. The number of ether oxygens (including phenoxy) is 1. The third kappa shape index (κ3) is 6.47. The second-order valence-corrected chi connectivity index (χ2v) is 5.28. The molecule has 0 saturated heterocycles. The van der Waals surface area contributed by atoms with Crippen molar-refractivity contribution in [1.82, 2.24) is 5.32 Å². The van der Waals surface area contributed by atoms with Crippen LogP contribution < -0.4 is 5.32 Å². The lowest BCUT2D eigenvalue weighted by Crippen LogP contribution is -2.43. The fourth-order valence-electron chi connectivity index (χ4n) is 2.05. The summed E-state index contributed by atoms with van der Waals surface area (Å²) >= 11 is 5.58. The summed E-state index contributed by atoms with van der Waals surface area (Å²) < 4.78 is 41.0. The van der Waals surface area contributed by atoms with E-state index in [4.69, 9.17) is 16.3 Å². The second kappa shape index (κ2) is 7.33. The van der Waals surface area contributed by atoms with Gasteiger partial charge in [0.15, 0.2) is 0 Å². The van der Waals surface area contributed by atoms with E-state index in [-0.39, 0.29) is 23.7 Å². The SMILES string of the molecule is CC(CCl)C(=O)NC1CCCC(OCC(F)(F)F)C1. The minimum atomic E-state index is -4.30. The maximum absolute atomic E-state index is 12.1. The van der Waals surface area contributed by atoms with Gasteiger partial charge in [-0.05, 0) is 25.7 Å². The van der Waals surface area contributed by atoms with Crippen molar-refractivity contribution < 1.29 is 22.7 Å². The molecule has 0 radical (unpaired) electrons. The van der Waals surface area contributed by atoms with Crippen LogP contribution in [0.2, 0.25) is 0 Å². The first-order valence-corrected chi connectivity index (χ1v) is 6.90. The molecule has 3 atom stereocenters. The number of carbonyl (C=O) groups excluding carboxylic acids is 1. The molecule has 3 unspecified atom stereocenters. The predicted octanol–water partition coefficient (Wildman–Crippen LogP) is 2.87. The average Bonchev–Trinajstić information content (AvgIpc) is 2.35. The summed E-state index contributed by atoms with van der Waals surface area (Å²) in [6, 6.07) is -0.120. The molecule has 0 bridgehead atoms. The maximum atomic E-state index is 12.1. The fraction of sp³-hybridized carbons (Fsp3) is 0.917. The molecule has 1 saturated carbocycles. The topological polar surface area (TPSA) is 38.3 Å². The van der Waals surface area contributed by atoms with Crippen LogP contribution in [-0.2, 0) is 9.53 Å². The summed E-state index contributed by atoms with van der Waals surface area (Å²) in [5, 5.41) is 2.81. The Kier molecular flexibility index (Phi) is 6.39. The van der Waals surface area contributed by atoms with Gasteiger partial charge in [-0.3, -0.25) is 4.79 Å². The zero-order chi connectivity index (χ0) is 14.5. The molecule has 0 aromatic rings. The van der Waals surface area contributed by atoms with E-state index in [1.165, 1.54) is 0 Å². The highest BCUT2D eigenvalue weighted by Crippen LogP contribution is 2.24. The van der Waals surface area contributed by atoms with Crippen molar-refractivity contribution in [3.63, 3.8) is 0 Å². The maximum Gasteiger partial charge on any atom is 0.411 e. The van der Waals surface area contributed by atoms with Crippen LogP contribution in [0.25, 0.3) is 0 Å².